The van der Waals surface area contributed by atoms with Crippen molar-refractivity contribution in [1.82, 2.24) is 9.78 Å². The lowest BCUT2D eigenvalue weighted by Crippen LogP contribution is -2.09. The van der Waals surface area contributed by atoms with Crippen LogP contribution in [0.15, 0.2) is 54.6 Å². The van der Waals surface area contributed by atoms with Crippen LogP contribution in [0.4, 0.5) is 13.2 Å². The summed E-state index contributed by atoms with van der Waals surface area (Å²) in [5.74, 6) is 0. The molecule has 0 bridgehead atoms. The van der Waals surface area contributed by atoms with Crippen LogP contribution < -0.4 is 0 Å². The van der Waals surface area contributed by atoms with E-state index in [1.165, 1.54) is 11.6 Å². The van der Waals surface area contributed by atoms with E-state index in [1.54, 1.807) is 24.3 Å². The third kappa shape index (κ3) is 4.79. The fourth-order valence-corrected chi connectivity index (χ4v) is 2.80. The Kier molecular flexibility index (Phi) is 5.86. The van der Waals surface area contributed by atoms with Gasteiger partial charge in [0.05, 0.1) is 18.0 Å². The van der Waals surface area contributed by atoms with Crippen molar-refractivity contribution in [3.05, 3.63) is 71.4 Å². The summed E-state index contributed by atoms with van der Waals surface area (Å²) in [6.07, 6.45) is -4.76. The van der Waals surface area contributed by atoms with E-state index >= 15 is 0 Å². The number of aliphatic hydroxyl groups excluding tert-OH is 1. The van der Waals surface area contributed by atoms with Crippen LogP contribution in [0.25, 0.3) is 16.9 Å². The van der Waals surface area contributed by atoms with E-state index in [0.717, 1.165) is 17.2 Å². The number of aryl methyl sites for hydroxylation is 1. The van der Waals surface area contributed by atoms with E-state index in [9.17, 15) is 13.2 Å². The maximum absolute atomic E-state index is 13.2. The first-order valence-corrected chi connectivity index (χ1v) is 8.87. The molecular weight excluding hydrogens is 369 g/mol. The number of hydrogen-bond donors (Lipinski definition) is 1. The predicted octanol–water partition coefficient (Wildman–Crippen LogP) is 4.76. The average molecular weight is 390 g/mol. The monoisotopic (exact) mass is 390 g/mol. The van der Waals surface area contributed by atoms with Crippen molar-refractivity contribution in [3.8, 4) is 16.9 Å². The molecule has 0 saturated heterocycles. The van der Waals surface area contributed by atoms with E-state index in [0.29, 0.717) is 30.0 Å². The summed E-state index contributed by atoms with van der Waals surface area (Å²) in [5, 5.41) is 12.9. The molecule has 0 radical (unpaired) electrons. The molecule has 2 aromatic carbocycles. The van der Waals surface area contributed by atoms with E-state index in [4.69, 9.17) is 9.84 Å². The molecule has 1 heterocycles. The fraction of sp³-hybridized carbons (Fsp3) is 0.286. The second-order valence-electron chi connectivity index (χ2n) is 6.58. The second-order valence-corrected chi connectivity index (χ2v) is 6.58. The third-order valence-corrected chi connectivity index (χ3v) is 4.28. The average Bonchev–Trinajstić information content (AvgIpc) is 3.08. The van der Waals surface area contributed by atoms with E-state index in [2.05, 4.69) is 5.10 Å². The van der Waals surface area contributed by atoms with Crippen molar-refractivity contribution >= 4 is 0 Å². The molecule has 0 aliphatic rings. The van der Waals surface area contributed by atoms with Crippen molar-refractivity contribution < 1.29 is 23.0 Å². The van der Waals surface area contributed by atoms with E-state index in [-0.39, 0.29) is 0 Å². The quantitative estimate of drug-likeness (QED) is 0.617. The predicted molar refractivity (Wildman–Crippen MR) is 100 cm³/mol. The van der Waals surface area contributed by atoms with Gasteiger partial charge < -0.3 is 9.84 Å². The number of hydrogen-bond acceptors (Lipinski definition) is 3. The molecule has 28 heavy (non-hydrogen) atoms. The number of benzene rings is 2. The molecule has 3 rings (SSSR count). The van der Waals surface area contributed by atoms with Gasteiger partial charge in [-0.15, -0.1) is 0 Å². The van der Waals surface area contributed by atoms with Crippen molar-refractivity contribution in [3.63, 3.8) is 0 Å². The molecule has 0 fully saturated rings. The molecule has 1 N–H and O–H groups in total. The highest BCUT2D eigenvalue weighted by Crippen LogP contribution is 2.33. The number of aliphatic hydroxyl groups is 1. The van der Waals surface area contributed by atoms with Crippen LogP contribution in [-0.4, -0.2) is 27.8 Å². The number of nitrogens with zero attached hydrogens (tertiary/aromatic N) is 2. The standard InChI is InChI=1S/C21H21F3N2O2/c1-14-3-9-18(10-4-14)26-19(13-20(25-26)21(22,23)24)17-7-5-16(6-8-17)11-12-28-15(2)27/h3-10,13,15,27H,11-12H2,1-2H3. The Labute approximate surface area is 161 Å². The topological polar surface area (TPSA) is 47.3 Å². The Morgan fingerprint density at radius 2 is 1.71 bits per heavy atom. The van der Waals surface area contributed by atoms with Crippen LogP contribution in [0.5, 0.6) is 0 Å². The van der Waals surface area contributed by atoms with Gasteiger partial charge in [0, 0.05) is 5.56 Å². The zero-order chi connectivity index (χ0) is 20.3. The zero-order valence-corrected chi connectivity index (χ0v) is 15.6. The Balaban J connectivity index is 1.93. The minimum Gasteiger partial charge on any atom is -0.368 e. The number of alkyl halides is 3. The van der Waals surface area contributed by atoms with Crippen molar-refractivity contribution in [2.75, 3.05) is 6.61 Å². The van der Waals surface area contributed by atoms with Gasteiger partial charge in [0.25, 0.3) is 0 Å². The minimum atomic E-state index is -4.52. The van der Waals surface area contributed by atoms with Crippen LogP contribution in [0.3, 0.4) is 0 Å². The second kappa shape index (κ2) is 8.16. The molecule has 1 unspecified atom stereocenters. The van der Waals surface area contributed by atoms with E-state index < -0.39 is 18.2 Å². The van der Waals surface area contributed by atoms with Crippen molar-refractivity contribution in [2.24, 2.45) is 0 Å². The third-order valence-electron chi connectivity index (χ3n) is 4.28. The highest BCUT2D eigenvalue weighted by Gasteiger charge is 2.35. The summed E-state index contributed by atoms with van der Waals surface area (Å²) in [7, 11) is 0. The summed E-state index contributed by atoms with van der Waals surface area (Å²) in [5.41, 5.74) is 2.59. The summed E-state index contributed by atoms with van der Waals surface area (Å²) in [6, 6.07) is 15.4. The van der Waals surface area contributed by atoms with Gasteiger partial charge in [0.1, 0.15) is 0 Å². The van der Waals surface area contributed by atoms with Gasteiger partial charge in [-0.2, -0.15) is 18.3 Å². The first-order chi connectivity index (χ1) is 13.2. The van der Waals surface area contributed by atoms with Crippen LogP contribution in [0.1, 0.15) is 23.7 Å². The highest BCUT2D eigenvalue weighted by atomic mass is 19.4. The maximum atomic E-state index is 13.2. The lowest BCUT2D eigenvalue weighted by atomic mass is 10.1. The van der Waals surface area contributed by atoms with Gasteiger partial charge in [-0.3, -0.25) is 0 Å². The smallest absolute Gasteiger partial charge is 0.368 e. The van der Waals surface area contributed by atoms with Crippen molar-refractivity contribution in [2.45, 2.75) is 32.7 Å². The summed E-state index contributed by atoms with van der Waals surface area (Å²) >= 11 is 0. The zero-order valence-electron chi connectivity index (χ0n) is 15.6. The fourth-order valence-electron chi connectivity index (χ4n) is 2.80. The molecule has 148 valence electrons. The first kappa shape index (κ1) is 20.1. The Morgan fingerprint density at radius 3 is 2.29 bits per heavy atom. The molecule has 1 atom stereocenters. The van der Waals surface area contributed by atoms with Crippen LogP contribution in [-0.2, 0) is 17.3 Å². The Bertz CT molecular complexity index is 914. The molecule has 4 nitrogen and oxygen atoms in total. The summed E-state index contributed by atoms with van der Waals surface area (Å²) in [4.78, 5) is 0. The van der Waals surface area contributed by atoms with Gasteiger partial charge in [-0.1, -0.05) is 42.0 Å². The van der Waals surface area contributed by atoms with Crippen molar-refractivity contribution in [1.29, 1.82) is 0 Å². The molecule has 3 aromatic rings. The van der Waals surface area contributed by atoms with Gasteiger partial charge in [0.2, 0.25) is 0 Å². The van der Waals surface area contributed by atoms with Gasteiger partial charge >= 0.3 is 6.18 Å². The summed E-state index contributed by atoms with van der Waals surface area (Å²) < 4.78 is 46.1. The molecule has 1 aromatic heterocycles. The molecule has 0 aliphatic carbocycles. The molecule has 0 amide bonds. The number of aromatic nitrogens is 2. The molecule has 7 heteroatoms. The normalized spacial score (nSPS) is 12.9. The summed E-state index contributed by atoms with van der Waals surface area (Å²) in [6.45, 7) is 3.80. The number of rotatable bonds is 6. The Hall–Kier alpha value is -2.64. The Morgan fingerprint density at radius 1 is 1.07 bits per heavy atom. The lowest BCUT2D eigenvalue weighted by Gasteiger charge is -2.10. The molecule has 0 saturated carbocycles. The van der Waals surface area contributed by atoms with Crippen LogP contribution >= 0.6 is 0 Å². The van der Waals surface area contributed by atoms with E-state index in [1.807, 2.05) is 31.2 Å². The first-order valence-electron chi connectivity index (χ1n) is 8.87. The molecule has 0 aliphatic heterocycles. The van der Waals surface area contributed by atoms with Gasteiger partial charge in [0.15, 0.2) is 12.0 Å². The lowest BCUT2D eigenvalue weighted by molar-refractivity contribution is -0.141. The van der Waals surface area contributed by atoms with Gasteiger partial charge in [-0.25, -0.2) is 4.68 Å². The highest BCUT2D eigenvalue weighted by molar-refractivity contribution is 5.63. The maximum Gasteiger partial charge on any atom is 0.435 e. The largest absolute Gasteiger partial charge is 0.435 e. The van der Waals surface area contributed by atoms with Crippen LogP contribution in [0.2, 0.25) is 0 Å². The van der Waals surface area contributed by atoms with Gasteiger partial charge in [-0.05, 0) is 44.0 Å². The number of ether oxygens (including phenoxy) is 1. The molecular formula is C21H21F3N2O2. The molecule has 0 spiro atoms. The minimum absolute atomic E-state index is 0.358. The van der Waals surface area contributed by atoms with Crippen LogP contribution in [0, 0.1) is 6.92 Å². The number of halogens is 3. The SMILES string of the molecule is Cc1ccc(-n2nc(C(F)(F)F)cc2-c2ccc(CCOC(C)O)cc2)cc1.